The largest absolute Gasteiger partial charge is 0.497 e. The van der Waals surface area contributed by atoms with Crippen LogP contribution in [0.4, 0.5) is 5.69 Å². The Morgan fingerprint density at radius 2 is 1.61 bits per heavy atom. The molecule has 1 aromatic heterocycles. The van der Waals surface area contributed by atoms with Crippen LogP contribution >= 0.6 is 0 Å². The van der Waals surface area contributed by atoms with Crippen molar-refractivity contribution in [1.82, 2.24) is 15.3 Å². The first kappa shape index (κ1) is 25.4. The highest BCUT2D eigenvalue weighted by Gasteiger charge is 2.35. The minimum absolute atomic E-state index is 0.101. The maximum atomic E-state index is 13.9. The van der Waals surface area contributed by atoms with Crippen molar-refractivity contribution in [2.24, 2.45) is 0 Å². The van der Waals surface area contributed by atoms with E-state index < -0.39 is 6.04 Å². The first-order valence-electron chi connectivity index (χ1n) is 12.6. The van der Waals surface area contributed by atoms with Crippen LogP contribution in [0.5, 0.6) is 5.75 Å². The quantitative estimate of drug-likeness (QED) is 0.458. The number of amides is 2. The molecular weight excluding hydrogens is 452 g/mol. The Labute approximate surface area is 212 Å². The molecule has 1 aliphatic rings. The van der Waals surface area contributed by atoms with E-state index in [2.05, 4.69) is 29.1 Å². The summed E-state index contributed by atoms with van der Waals surface area (Å²) in [5, 5.41) is 3.23. The molecule has 7 nitrogen and oxygen atoms in total. The van der Waals surface area contributed by atoms with Gasteiger partial charge in [-0.15, -0.1) is 0 Å². The van der Waals surface area contributed by atoms with Crippen LogP contribution in [0.2, 0.25) is 0 Å². The maximum absolute atomic E-state index is 13.9. The van der Waals surface area contributed by atoms with E-state index in [-0.39, 0.29) is 23.6 Å². The number of hydrogen-bond donors (Lipinski definition) is 1. The lowest BCUT2D eigenvalue weighted by Gasteiger charge is -2.33. The van der Waals surface area contributed by atoms with Crippen LogP contribution in [0.3, 0.4) is 0 Å². The van der Waals surface area contributed by atoms with Crippen molar-refractivity contribution in [1.29, 1.82) is 0 Å². The van der Waals surface area contributed by atoms with Gasteiger partial charge in [-0.2, -0.15) is 0 Å². The van der Waals surface area contributed by atoms with Gasteiger partial charge in [-0.25, -0.2) is 4.98 Å². The first-order valence-corrected chi connectivity index (χ1v) is 12.6. The zero-order valence-electron chi connectivity index (χ0n) is 21.2. The molecule has 188 valence electrons. The highest BCUT2D eigenvalue weighted by Crippen LogP contribution is 2.32. The summed E-state index contributed by atoms with van der Waals surface area (Å²) < 4.78 is 5.33. The number of carbonyl (C=O) groups is 2. The fourth-order valence-electron chi connectivity index (χ4n) is 4.67. The number of nitrogens with zero attached hydrogens (tertiary/aromatic N) is 3. The van der Waals surface area contributed by atoms with Crippen molar-refractivity contribution in [3.8, 4) is 5.75 Å². The van der Waals surface area contributed by atoms with Gasteiger partial charge in [0.15, 0.2) is 0 Å². The van der Waals surface area contributed by atoms with Crippen molar-refractivity contribution >= 4 is 17.5 Å². The lowest BCUT2D eigenvalue weighted by Crippen LogP contribution is -2.47. The molecule has 4 rings (SSSR count). The minimum Gasteiger partial charge on any atom is -0.497 e. The molecule has 1 saturated carbocycles. The topological polar surface area (TPSA) is 84.4 Å². The zero-order valence-corrected chi connectivity index (χ0v) is 21.2. The fourth-order valence-corrected chi connectivity index (χ4v) is 4.67. The number of methoxy groups -OCH3 is 1. The number of aromatic nitrogens is 2. The number of benzene rings is 2. The molecule has 36 heavy (non-hydrogen) atoms. The summed E-state index contributed by atoms with van der Waals surface area (Å²) in [5.74, 6) is 0.422. The Balaban J connectivity index is 1.80. The Kier molecular flexibility index (Phi) is 8.31. The number of nitrogens with one attached hydrogen (secondary N) is 1. The molecule has 1 heterocycles. The molecule has 1 atom stereocenters. The van der Waals surface area contributed by atoms with E-state index in [1.165, 1.54) is 29.9 Å². The lowest BCUT2D eigenvalue weighted by molar-refractivity contribution is -0.123. The summed E-state index contributed by atoms with van der Waals surface area (Å²) in [5.41, 5.74) is 2.64. The van der Waals surface area contributed by atoms with Gasteiger partial charge < -0.3 is 10.1 Å². The van der Waals surface area contributed by atoms with Gasteiger partial charge in [-0.3, -0.25) is 19.5 Å². The molecule has 0 radical (unpaired) electrons. The molecule has 1 N–H and O–H groups in total. The molecule has 1 unspecified atom stereocenters. The van der Waals surface area contributed by atoms with Crippen molar-refractivity contribution in [3.05, 3.63) is 83.9 Å². The Morgan fingerprint density at radius 3 is 2.19 bits per heavy atom. The van der Waals surface area contributed by atoms with Crippen LogP contribution in [0.15, 0.2) is 67.1 Å². The van der Waals surface area contributed by atoms with Crippen molar-refractivity contribution in [2.45, 2.75) is 64.0 Å². The molecule has 0 spiro atoms. The Bertz CT molecular complexity index is 1140. The van der Waals surface area contributed by atoms with Crippen LogP contribution in [0, 0.1) is 0 Å². The van der Waals surface area contributed by atoms with Crippen LogP contribution in [-0.2, 0) is 4.79 Å². The first-order chi connectivity index (χ1) is 17.5. The number of rotatable bonds is 8. The third-order valence-corrected chi connectivity index (χ3v) is 6.73. The smallest absolute Gasteiger partial charge is 0.279 e. The standard InChI is InChI=1S/C29H34N4O3/c1-20(2)21-9-13-24(14-10-21)33(29(35)26-19-30-17-18-31-26)27(22-11-15-25(36-3)16-12-22)28(34)32-23-7-5-4-6-8-23/h9-20,23,27H,4-8H2,1-3H3,(H,32,34). The van der Waals surface area contributed by atoms with Crippen LogP contribution in [-0.4, -0.2) is 34.9 Å². The molecule has 0 aliphatic heterocycles. The molecule has 1 fully saturated rings. The number of carbonyl (C=O) groups excluding carboxylic acids is 2. The van der Waals surface area contributed by atoms with Crippen molar-refractivity contribution < 1.29 is 14.3 Å². The molecule has 2 amide bonds. The van der Waals surface area contributed by atoms with Gasteiger partial charge >= 0.3 is 0 Å². The zero-order chi connectivity index (χ0) is 25.5. The normalized spacial score (nSPS) is 14.8. The van der Waals surface area contributed by atoms with E-state index in [9.17, 15) is 9.59 Å². The molecule has 3 aromatic rings. The van der Waals surface area contributed by atoms with E-state index >= 15 is 0 Å². The SMILES string of the molecule is COc1ccc(C(C(=O)NC2CCCCC2)N(C(=O)c2cnccn2)c2ccc(C(C)C)cc2)cc1. The van der Waals surface area contributed by atoms with Gasteiger partial charge in [0.2, 0.25) is 5.91 Å². The van der Waals surface area contributed by atoms with Gasteiger partial charge in [0.05, 0.1) is 13.3 Å². The second-order valence-electron chi connectivity index (χ2n) is 9.53. The monoisotopic (exact) mass is 486 g/mol. The predicted octanol–water partition coefficient (Wildman–Crippen LogP) is 5.45. The summed E-state index contributed by atoms with van der Waals surface area (Å²) in [4.78, 5) is 37.7. The van der Waals surface area contributed by atoms with Gasteiger partial charge in [0.1, 0.15) is 17.5 Å². The molecule has 1 aliphatic carbocycles. The summed E-state index contributed by atoms with van der Waals surface area (Å²) in [6.07, 6.45) is 9.71. The van der Waals surface area contributed by atoms with Crippen LogP contribution in [0.1, 0.15) is 79.5 Å². The number of ether oxygens (including phenoxy) is 1. The van der Waals surface area contributed by atoms with E-state index in [1.807, 2.05) is 48.5 Å². The average Bonchev–Trinajstić information content (AvgIpc) is 2.92. The summed E-state index contributed by atoms with van der Waals surface area (Å²) in [6, 6.07) is 14.3. The number of anilines is 1. The maximum Gasteiger partial charge on any atom is 0.279 e. The fraction of sp³-hybridized carbons (Fsp3) is 0.379. The summed E-state index contributed by atoms with van der Waals surface area (Å²) in [7, 11) is 1.60. The molecule has 0 saturated heterocycles. The second kappa shape index (κ2) is 11.8. The third-order valence-electron chi connectivity index (χ3n) is 6.73. The highest BCUT2D eigenvalue weighted by atomic mass is 16.5. The average molecular weight is 487 g/mol. The predicted molar refractivity (Wildman–Crippen MR) is 140 cm³/mol. The molecular formula is C29H34N4O3. The van der Waals surface area contributed by atoms with Crippen molar-refractivity contribution in [3.63, 3.8) is 0 Å². The summed E-state index contributed by atoms with van der Waals surface area (Å²) >= 11 is 0. The van der Waals surface area contributed by atoms with E-state index in [1.54, 1.807) is 7.11 Å². The molecule has 7 heteroatoms. The van der Waals surface area contributed by atoms with E-state index in [4.69, 9.17) is 4.74 Å². The van der Waals surface area contributed by atoms with E-state index in [0.717, 1.165) is 31.2 Å². The lowest BCUT2D eigenvalue weighted by atomic mass is 9.94. The summed E-state index contributed by atoms with van der Waals surface area (Å²) in [6.45, 7) is 4.24. The highest BCUT2D eigenvalue weighted by molar-refractivity contribution is 6.09. The van der Waals surface area contributed by atoms with E-state index in [0.29, 0.717) is 22.9 Å². The van der Waals surface area contributed by atoms with Gasteiger partial charge in [0, 0.05) is 24.1 Å². The van der Waals surface area contributed by atoms with Crippen LogP contribution in [0.25, 0.3) is 0 Å². The molecule has 0 bridgehead atoms. The third kappa shape index (κ3) is 5.90. The number of hydrogen-bond acceptors (Lipinski definition) is 5. The van der Waals surface area contributed by atoms with Crippen LogP contribution < -0.4 is 15.0 Å². The van der Waals surface area contributed by atoms with Crippen molar-refractivity contribution in [2.75, 3.05) is 12.0 Å². The van der Waals surface area contributed by atoms with Gasteiger partial charge in [-0.05, 0) is 54.2 Å². The Hall–Kier alpha value is -3.74. The second-order valence-corrected chi connectivity index (χ2v) is 9.53. The van der Waals surface area contributed by atoms with Gasteiger partial charge in [0.25, 0.3) is 5.91 Å². The molecule has 2 aromatic carbocycles. The minimum atomic E-state index is -0.891. The van der Waals surface area contributed by atoms with Gasteiger partial charge in [-0.1, -0.05) is 57.4 Å². The Morgan fingerprint density at radius 1 is 0.944 bits per heavy atom.